The highest BCUT2D eigenvalue weighted by atomic mass is 35.5. The molecule has 5 nitrogen and oxygen atoms in total. The summed E-state index contributed by atoms with van der Waals surface area (Å²) in [5.41, 5.74) is 3.77. The Morgan fingerprint density at radius 2 is 2.43 bits per heavy atom. The molecule has 0 aromatic carbocycles. The van der Waals surface area contributed by atoms with Crippen molar-refractivity contribution < 1.29 is 4.84 Å². The van der Waals surface area contributed by atoms with Crippen molar-refractivity contribution in [2.75, 3.05) is 13.4 Å². The van der Waals surface area contributed by atoms with Crippen molar-refractivity contribution in [2.24, 2.45) is 4.99 Å². The largest absolute Gasteiger partial charge is 0.260 e. The molecule has 0 spiro atoms. The Hall–Kier alpha value is -0.690. The second kappa shape index (κ2) is 3.82. The zero-order valence-electron chi connectivity index (χ0n) is 7.69. The van der Waals surface area contributed by atoms with Gasteiger partial charge in [-0.2, -0.15) is 5.17 Å². The van der Waals surface area contributed by atoms with E-state index in [9.17, 15) is 0 Å². The number of allylic oxidation sites excluding steroid dienone is 1. The molecular formula is C7H9ClN4OS. The Bertz CT molecular complexity index is 341. The van der Waals surface area contributed by atoms with E-state index in [1.54, 1.807) is 30.1 Å². The lowest BCUT2D eigenvalue weighted by molar-refractivity contribution is -0.143. The highest BCUT2D eigenvalue weighted by Gasteiger charge is 2.26. The van der Waals surface area contributed by atoms with Crippen LogP contribution in [0.1, 0.15) is 0 Å². The van der Waals surface area contributed by atoms with Gasteiger partial charge in [-0.15, -0.1) is 17.3 Å². The third-order valence-electron chi connectivity index (χ3n) is 1.77. The molecule has 7 heteroatoms. The molecule has 2 rings (SSSR count). The summed E-state index contributed by atoms with van der Waals surface area (Å²) in [7, 11) is 1.56. The fraction of sp³-hybridized carbons (Fsp3) is 0.286. The number of thioether (sulfide) groups is 1. The number of hydrogen-bond donors (Lipinski definition) is 1. The number of hydrazine groups is 2. The van der Waals surface area contributed by atoms with E-state index in [4.69, 9.17) is 16.4 Å². The van der Waals surface area contributed by atoms with Crippen molar-refractivity contribution >= 4 is 28.7 Å². The normalized spacial score (nSPS) is 20.4. The Kier molecular flexibility index (Phi) is 2.69. The zero-order chi connectivity index (χ0) is 10.1. The predicted octanol–water partition coefficient (Wildman–Crippen LogP) is 1.24. The Labute approximate surface area is 90.9 Å². The van der Waals surface area contributed by atoms with Crippen molar-refractivity contribution in [1.82, 2.24) is 15.7 Å². The summed E-state index contributed by atoms with van der Waals surface area (Å²) < 4.78 is 0. The summed E-state index contributed by atoms with van der Waals surface area (Å²) >= 11 is 7.49. The molecule has 0 radical (unpaired) electrons. The first-order chi connectivity index (χ1) is 6.74. The maximum atomic E-state index is 5.95. The summed E-state index contributed by atoms with van der Waals surface area (Å²) in [6, 6.07) is 0. The topological polar surface area (TPSA) is 40.1 Å². The number of amidine groups is 1. The minimum atomic E-state index is 0.377. The fourth-order valence-electron chi connectivity index (χ4n) is 1.11. The van der Waals surface area contributed by atoms with E-state index in [2.05, 4.69) is 10.5 Å². The molecule has 0 saturated carbocycles. The molecule has 0 amide bonds. The van der Waals surface area contributed by atoms with Gasteiger partial charge in [-0.3, -0.25) is 4.84 Å². The highest BCUT2D eigenvalue weighted by molar-refractivity contribution is 8.02. The molecule has 2 heterocycles. The van der Waals surface area contributed by atoms with Gasteiger partial charge < -0.3 is 0 Å². The van der Waals surface area contributed by atoms with Gasteiger partial charge in [0.15, 0.2) is 0 Å². The van der Waals surface area contributed by atoms with Crippen LogP contribution in [0.15, 0.2) is 28.0 Å². The lowest BCUT2D eigenvalue weighted by Gasteiger charge is -2.22. The Morgan fingerprint density at radius 1 is 1.64 bits per heavy atom. The second-order valence-corrected chi connectivity index (χ2v) is 3.73. The van der Waals surface area contributed by atoms with Crippen LogP contribution in [-0.4, -0.2) is 28.8 Å². The second-order valence-electron chi connectivity index (χ2n) is 2.57. The lowest BCUT2D eigenvalue weighted by atomic mass is 10.4. The van der Waals surface area contributed by atoms with E-state index in [1.807, 2.05) is 12.3 Å². The van der Waals surface area contributed by atoms with Crippen molar-refractivity contribution in [1.29, 1.82) is 0 Å². The molecule has 1 N–H and O–H groups in total. The average Bonchev–Trinajstić information content (AvgIpc) is 2.61. The van der Waals surface area contributed by atoms with Crippen molar-refractivity contribution in [3.8, 4) is 0 Å². The minimum Gasteiger partial charge on any atom is -0.260 e. The van der Waals surface area contributed by atoms with Crippen LogP contribution in [0.3, 0.4) is 0 Å². The first-order valence-electron chi connectivity index (χ1n) is 3.86. The monoisotopic (exact) mass is 232 g/mol. The molecule has 0 fully saturated rings. The van der Waals surface area contributed by atoms with Gasteiger partial charge in [0.05, 0.1) is 19.0 Å². The smallest absolute Gasteiger partial charge is 0.220 e. The molecule has 0 aromatic rings. The number of aliphatic imine (C=N–C) groups is 1. The molecule has 0 unspecified atom stereocenters. The van der Waals surface area contributed by atoms with E-state index < -0.39 is 0 Å². The Morgan fingerprint density at radius 3 is 3.07 bits per heavy atom. The van der Waals surface area contributed by atoms with Gasteiger partial charge in [0.1, 0.15) is 5.03 Å². The number of fused-ring (bicyclic) bond motifs is 1. The first-order valence-corrected chi connectivity index (χ1v) is 5.46. The highest BCUT2D eigenvalue weighted by Crippen LogP contribution is 2.26. The number of hydroxylamine groups is 1. The van der Waals surface area contributed by atoms with Gasteiger partial charge in [-0.1, -0.05) is 0 Å². The number of hydrogen-bond acceptors (Lipinski definition) is 6. The fourth-order valence-corrected chi connectivity index (χ4v) is 1.80. The molecular weight excluding hydrogens is 224 g/mol. The maximum absolute atomic E-state index is 5.95. The molecule has 2 aliphatic rings. The molecule has 76 valence electrons. The summed E-state index contributed by atoms with van der Waals surface area (Å²) in [4.78, 5) is 9.13. The van der Waals surface area contributed by atoms with E-state index in [-0.39, 0.29) is 0 Å². The van der Waals surface area contributed by atoms with Gasteiger partial charge >= 0.3 is 0 Å². The van der Waals surface area contributed by atoms with Crippen LogP contribution >= 0.6 is 23.4 Å². The van der Waals surface area contributed by atoms with E-state index in [1.165, 1.54) is 5.17 Å². The summed E-state index contributed by atoms with van der Waals surface area (Å²) in [5, 5.41) is 4.33. The minimum absolute atomic E-state index is 0.377. The van der Waals surface area contributed by atoms with Gasteiger partial charge in [0.25, 0.3) is 0 Å². The molecule has 14 heavy (non-hydrogen) atoms. The van der Waals surface area contributed by atoms with Crippen LogP contribution in [0, 0.1) is 0 Å². The van der Waals surface area contributed by atoms with Gasteiger partial charge in [-0.05, 0) is 23.9 Å². The SMILES string of the molecule is CON1C=C2C=C(SC)N=C(Cl)N2N1. The van der Waals surface area contributed by atoms with Crippen LogP contribution in [-0.2, 0) is 4.84 Å². The third-order valence-corrected chi connectivity index (χ3v) is 2.65. The predicted molar refractivity (Wildman–Crippen MR) is 56.8 cm³/mol. The molecule has 2 aliphatic heterocycles. The summed E-state index contributed by atoms with van der Waals surface area (Å²) in [6.07, 6.45) is 5.65. The number of nitrogens with one attached hydrogen (secondary N) is 1. The quantitative estimate of drug-likeness (QED) is 0.726. The van der Waals surface area contributed by atoms with E-state index in [0.29, 0.717) is 5.29 Å². The number of halogens is 1. The van der Waals surface area contributed by atoms with Crippen molar-refractivity contribution in [3.63, 3.8) is 0 Å². The maximum Gasteiger partial charge on any atom is 0.220 e. The summed E-state index contributed by atoms with van der Waals surface area (Å²) in [6.45, 7) is 0. The third kappa shape index (κ3) is 1.61. The zero-order valence-corrected chi connectivity index (χ0v) is 9.26. The van der Waals surface area contributed by atoms with Crippen LogP contribution in [0.25, 0.3) is 0 Å². The first kappa shape index (κ1) is 9.85. The van der Waals surface area contributed by atoms with Gasteiger partial charge in [-0.25, -0.2) is 10.0 Å². The Balaban J connectivity index is 2.27. The van der Waals surface area contributed by atoms with Crippen LogP contribution in [0.5, 0.6) is 0 Å². The summed E-state index contributed by atoms with van der Waals surface area (Å²) in [5.74, 6) is 0. The van der Waals surface area contributed by atoms with Crippen LogP contribution in [0.4, 0.5) is 0 Å². The van der Waals surface area contributed by atoms with Crippen molar-refractivity contribution in [3.05, 3.63) is 23.0 Å². The molecule has 0 atom stereocenters. The standard InChI is InChI=1S/C7H9ClN4OS/c1-13-11-4-5-3-6(14-2)9-7(8)12(5)10-11/h3-4,10H,1-2H3. The number of rotatable bonds is 2. The molecule has 0 aliphatic carbocycles. The van der Waals surface area contributed by atoms with Crippen molar-refractivity contribution in [2.45, 2.75) is 0 Å². The molecule has 0 bridgehead atoms. The van der Waals surface area contributed by atoms with E-state index >= 15 is 0 Å². The molecule has 0 saturated heterocycles. The van der Waals surface area contributed by atoms with Crippen LogP contribution < -0.4 is 5.53 Å². The number of nitrogens with zero attached hydrogens (tertiary/aromatic N) is 3. The average molecular weight is 233 g/mol. The van der Waals surface area contributed by atoms with Gasteiger partial charge in [0, 0.05) is 0 Å². The van der Waals surface area contributed by atoms with Crippen LogP contribution in [0.2, 0.25) is 0 Å². The van der Waals surface area contributed by atoms with E-state index in [0.717, 1.165) is 10.7 Å². The van der Waals surface area contributed by atoms with Gasteiger partial charge in [0.2, 0.25) is 5.29 Å². The lowest BCUT2D eigenvalue weighted by Crippen LogP contribution is -2.42. The molecule has 0 aromatic heterocycles.